The number of aromatic nitrogens is 2. The maximum absolute atomic E-state index is 10.5. The Morgan fingerprint density at radius 3 is 3.11 bits per heavy atom. The summed E-state index contributed by atoms with van der Waals surface area (Å²) in [5.74, 6) is 0.700. The molecule has 5 nitrogen and oxygen atoms in total. The molecule has 0 amide bonds. The minimum Gasteiger partial charge on any atom is -0.385 e. The predicted octanol–water partition coefficient (Wildman–Crippen LogP) is 1.58. The van der Waals surface area contributed by atoms with Crippen molar-refractivity contribution >= 4 is 16.6 Å². The molecule has 2 aromatic rings. The van der Waals surface area contributed by atoms with E-state index in [-0.39, 0.29) is 6.10 Å². The van der Waals surface area contributed by atoms with E-state index in [0.717, 1.165) is 10.8 Å². The second-order valence-corrected chi connectivity index (χ2v) is 5.00. The molecule has 0 saturated carbocycles. The molecule has 1 aliphatic rings. The Bertz CT molecular complexity index is 584. The van der Waals surface area contributed by atoms with Gasteiger partial charge in [0, 0.05) is 30.3 Å². The van der Waals surface area contributed by atoms with Crippen molar-refractivity contribution in [3.05, 3.63) is 30.5 Å². The van der Waals surface area contributed by atoms with Gasteiger partial charge < -0.3 is 15.2 Å². The van der Waals surface area contributed by atoms with E-state index in [1.807, 2.05) is 31.2 Å². The Hall–Kier alpha value is -1.72. The summed E-state index contributed by atoms with van der Waals surface area (Å²) in [6, 6.07) is 7.91. The fourth-order valence-corrected chi connectivity index (χ4v) is 2.40. The third-order valence-corrected chi connectivity index (χ3v) is 3.79. The molecule has 2 N–H and O–H groups in total. The van der Waals surface area contributed by atoms with Gasteiger partial charge >= 0.3 is 0 Å². The third-order valence-electron chi connectivity index (χ3n) is 3.79. The number of rotatable bonds is 3. The number of benzene rings is 1. The lowest BCUT2D eigenvalue weighted by Gasteiger charge is -2.26. The molecule has 2 heterocycles. The number of nitrogens with one attached hydrogen (secondary N) is 1. The summed E-state index contributed by atoms with van der Waals surface area (Å²) in [5, 5.41) is 23.8. The molecule has 0 spiro atoms. The Kier molecular flexibility index (Phi) is 3.08. The summed E-state index contributed by atoms with van der Waals surface area (Å²) >= 11 is 0. The van der Waals surface area contributed by atoms with Gasteiger partial charge in [-0.25, -0.2) is 0 Å². The quantitative estimate of drug-likeness (QED) is 0.876. The fourth-order valence-electron chi connectivity index (χ4n) is 2.40. The molecule has 1 aromatic carbocycles. The SMILES string of the molecule is CC1OCCC1(O)CNc1nncc2ccccc12. The van der Waals surface area contributed by atoms with Crippen LogP contribution in [-0.4, -0.2) is 40.2 Å². The van der Waals surface area contributed by atoms with Crippen LogP contribution in [-0.2, 0) is 4.74 Å². The van der Waals surface area contributed by atoms with Crippen LogP contribution in [0.1, 0.15) is 13.3 Å². The van der Waals surface area contributed by atoms with E-state index in [2.05, 4.69) is 15.5 Å². The summed E-state index contributed by atoms with van der Waals surface area (Å²) in [6.07, 6.45) is 2.21. The fraction of sp³-hybridized carbons (Fsp3) is 0.429. The van der Waals surface area contributed by atoms with E-state index in [1.165, 1.54) is 0 Å². The minimum atomic E-state index is -0.835. The first kappa shape index (κ1) is 12.3. The molecule has 100 valence electrons. The Morgan fingerprint density at radius 2 is 2.32 bits per heavy atom. The maximum Gasteiger partial charge on any atom is 0.156 e. The second kappa shape index (κ2) is 4.75. The molecule has 1 fully saturated rings. The second-order valence-electron chi connectivity index (χ2n) is 5.00. The van der Waals surface area contributed by atoms with Crippen molar-refractivity contribution < 1.29 is 9.84 Å². The maximum atomic E-state index is 10.5. The van der Waals surface area contributed by atoms with Gasteiger partial charge in [0.15, 0.2) is 5.82 Å². The number of nitrogens with zero attached hydrogens (tertiary/aromatic N) is 2. The normalized spacial score (nSPS) is 26.7. The van der Waals surface area contributed by atoms with E-state index in [9.17, 15) is 5.11 Å². The van der Waals surface area contributed by atoms with Crippen molar-refractivity contribution in [2.45, 2.75) is 25.0 Å². The molecule has 19 heavy (non-hydrogen) atoms. The Morgan fingerprint density at radius 1 is 1.47 bits per heavy atom. The molecular formula is C14H17N3O2. The zero-order valence-electron chi connectivity index (χ0n) is 10.8. The highest BCUT2D eigenvalue weighted by molar-refractivity contribution is 5.90. The minimum absolute atomic E-state index is 0.164. The van der Waals surface area contributed by atoms with Crippen LogP contribution in [0, 0.1) is 0 Å². The molecule has 5 heteroatoms. The van der Waals surface area contributed by atoms with Gasteiger partial charge in [0.25, 0.3) is 0 Å². The first-order valence-electron chi connectivity index (χ1n) is 6.47. The highest BCUT2D eigenvalue weighted by atomic mass is 16.5. The monoisotopic (exact) mass is 259 g/mol. The van der Waals surface area contributed by atoms with Crippen LogP contribution in [0.4, 0.5) is 5.82 Å². The van der Waals surface area contributed by atoms with E-state index in [4.69, 9.17) is 4.74 Å². The summed E-state index contributed by atoms with van der Waals surface area (Å²) in [5.41, 5.74) is -0.835. The van der Waals surface area contributed by atoms with Gasteiger partial charge in [-0.15, -0.1) is 5.10 Å². The van der Waals surface area contributed by atoms with Crippen molar-refractivity contribution in [2.24, 2.45) is 0 Å². The van der Waals surface area contributed by atoms with E-state index < -0.39 is 5.60 Å². The average molecular weight is 259 g/mol. The van der Waals surface area contributed by atoms with Gasteiger partial charge in [0.05, 0.1) is 12.3 Å². The molecule has 2 unspecified atom stereocenters. The molecular weight excluding hydrogens is 242 g/mol. The van der Waals surface area contributed by atoms with Crippen molar-refractivity contribution in [1.29, 1.82) is 0 Å². The lowest BCUT2D eigenvalue weighted by Crippen LogP contribution is -2.43. The topological polar surface area (TPSA) is 67.3 Å². The van der Waals surface area contributed by atoms with Crippen LogP contribution in [0.15, 0.2) is 30.5 Å². The highest BCUT2D eigenvalue weighted by Gasteiger charge is 2.39. The van der Waals surface area contributed by atoms with Crippen LogP contribution in [0.5, 0.6) is 0 Å². The van der Waals surface area contributed by atoms with Crippen LogP contribution >= 0.6 is 0 Å². The largest absolute Gasteiger partial charge is 0.385 e. The number of fused-ring (bicyclic) bond motifs is 1. The van der Waals surface area contributed by atoms with E-state index in [0.29, 0.717) is 25.4 Å². The van der Waals surface area contributed by atoms with Gasteiger partial charge in [-0.2, -0.15) is 5.10 Å². The molecule has 0 aliphatic carbocycles. The average Bonchev–Trinajstić information content (AvgIpc) is 2.77. The number of anilines is 1. The number of hydrogen-bond acceptors (Lipinski definition) is 5. The van der Waals surface area contributed by atoms with Gasteiger partial charge in [-0.1, -0.05) is 24.3 Å². The van der Waals surface area contributed by atoms with E-state index in [1.54, 1.807) is 6.20 Å². The molecule has 1 aromatic heterocycles. The van der Waals surface area contributed by atoms with Crippen LogP contribution < -0.4 is 5.32 Å². The first-order chi connectivity index (χ1) is 9.19. The Balaban J connectivity index is 1.82. The molecule has 0 bridgehead atoms. The van der Waals surface area contributed by atoms with Crippen molar-refractivity contribution in [1.82, 2.24) is 10.2 Å². The van der Waals surface area contributed by atoms with Crippen LogP contribution in [0.3, 0.4) is 0 Å². The molecule has 1 aliphatic heterocycles. The first-order valence-corrected chi connectivity index (χ1v) is 6.47. The smallest absolute Gasteiger partial charge is 0.156 e. The summed E-state index contributed by atoms with van der Waals surface area (Å²) in [7, 11) is 0. The van der Waals surface area contributed by atoms with E-state index >= 15 is 0 Å². The van der Waals surface area contributed by atoms with Crippen molar-refractivity contribution in [2.75, 3.05) is 18.5 Å². The summed E-state index contributed by atoms with van der Waals surface area (Å²) in [6.45, 7) is 2.90. The Labute approximate surface area is 111 Å². The standard InChI is InChI=1S/C14H17N3O2/c1-10-14(18,6-7-19-10)9-15-13-12-5-3-2-4-11(12)8-16-17-13/h2-5,8,10,18H,6-7,9H2,1H3,(H,15,17). The van der Waals surface area contributed by atoms with Gasteiger partial charge in [-0.3, -0.25) is 0 Å². The molecule has 0 radical (unpaired) electrons. The zero-order chi connectivity index (χ0) is 13.3. The molecule has 2 atom stereocenters. The van der Waals surface area contributed by atoms with Crippen LogP contribution in [0.25, 0.3) is 10.8 Å². The third kappa shape index (κ3) is 2.27. The van der Waals surface area contributed by atoms with Gasteiger partial charge in [-0.05, 0) is 6.92 Å². The number of ether oxygens (including phenoxy) is 1. The lowest BCUT2D eigenvalue weighted by atomic mass is 9.97. The van der Waals surface area contributed by atoms with Crippen molar-refractivity contribution in [3.8, 4) is 0 Å². The van der Waals surface area contributed by atoms with Crippen molar-refractivity contribution in [3.63, 3.8) is 0 Å². The highest BCUT2D eigenvalue weighted by Crippen LogP contribution is 2.27. The lowest BCUT2D eigenvalue weighted by molar-refractivity contribution is -0.0176. The summed E-state index contributed by atoms with van der Waals surface area (Å²) < 4.78 is 5.42. The predicted molar refractivity (Wildman–Crippen MR) is 73.0 cm³/mol. The number of aliphatic hydroxyl groups is 1. The molecule has 1 saturated heterocycles. The van der Waals surface area contributed by atoms with Crippen LogP contribution in [0.2, 0.25) is 0 Å². The summed E-state index contributed by atoms with van der Waals surface area (Å²) in [4.78, 5) is 0. The number of hydrogen-bond donors (Lipinski definition) is 2. The molecule has 3 rings (SSSR count). The van der Waals surface area contributed by atoms with Gasteiger partial charge in [0.2, 0.25) is 0 Å². The van der Waals surface area contributed by atoms with Gasteiger partial charge in [0.1, 0.15) is 5.60 Å². The zero-order valence-corrected chi connectivity index (χ0v) is 10.8.